The number of carbonyl (C=O) groups is 1. The van der Waals surface area contributed by atoms with Crippen LogP contribution >= 0.6 is 0 Å². The molecule has 0 unspecified atom stereocenters. The van der Waals surface area contributed by atoms with E-state index in [0.29, 0.717) is 0 Å². The zero-order chi connectivity index (χ0) is 13.9. The number of nitrogens with one attached hydrogen (secondary N) is 1. The van der Waals surface area contributed by atoms with Crippen LogP contribution in [-0.4, -0.2) is 23.9 Å². The van der Waals surface area contributed by atoms with Gasteiger partial charge in [-0.1, -0.05) is 0 Å². The second-order valence-corrected chi connectivity index (χ2v) is 3.25. The zero-order valence-electron chi connectivity index (χ0n) is 9.55. The molecule has 1 aromatic heterocycles. The largest absolute Gasteiger partial charge is 0.573 e. The molecule has 0 aliphatic carbocycles. The van der Waals surface area contributed by atoms with Crippen LogP contribution in [0.1, 0.15) is 22.8 Å². The summed E-state index contributed by atoms with van der Waals surface area (Å²) in [5.74, 6) is -1.80. The van der Waals surface area contributed by atoms with Crippen molar-refractivity contribution >= 4 is 5.97 Å². The van der Waals surface area contributed by atoms with Gasteiger partial charge in [-0.3, -0.25) is 4.79 Å². The lowest BCUT2D eigenvalue weighted by molar-refractivity contribution is -0.275. The van der Waals surface area contributed by atoms with Crippen molar-refractivity contribution in [3.63, 3.8) is 0 Å². The summed E-state index contributed by atoms with van der Waals surface area (Å²) in [4.78, 5) is 24.6. The molecule has 8 heteroatoms. The summed E-state index contributed by atoms with van der Waals surface area (Å²) in [6, 6.07) is 0. The van der Waals surface area contributed by atoms with Crippen LogP contribution in [0.15, 0.2) is 11.0 Å². The summed E-state index contributed by atoms with van der Waals surface area (Å²) in [7, 11) is 0. The summed E-state index contributed by atoms with van der Waals surface area (Å²) >= 11 is 0. The number of aromatic amines is 1. The number of alkyl halides is 3. The molecule has 0 radical (unpaired) electrons. The monoisotopic (exact) mass is 265 g/mol. The number of ether oxygens (including phenoxy) is 2. The van der Waals surface area contributed by atoms with E-state index in [2.05, 4.69) is 9.47 Å². The lowest BCUT2D eigenvalue weighted by Crippen LogP contribution is -2.25. The Morgan fingerprint density at radius 2 is 2.06 bits per heavy atom. The number of rotatable bonds is 3. The fourth-order valence-corrected chi connectivity index (χ4v) is 1.26. The van der Waals surface area contributed by atoms with E-state index in [0.717, 1.165) is 6.20 Å². The van der Waals surface area contributed by atoms with Crippen molar-refractivity contribution in [1.29, 1.82) is 0 Å². The van der Waals surface area contributed by atoms with Crippen molar-refractivity contribution in [2.45, 2.75) is 20.2 Å². The number of H-pyrrole nitrogens is 1. The summed E-state index contributed by atoms with van der Waals surface area (Å²) in [6.07, 6.45) is -4.02. The molecular formula is C10H10F3NO4. The van der Waals surface area contributed by atoms with Gasteiger partial charge in [0, 0.05) is 11.8 Å². The Hall–Kier alpha value is -1.99. The smallest absolute Gasteiger partial charge is 0.462 e. The zero-order valence-corrected chi connectivity index (χ0v) is 9.55. The van der Waals surface area contributed by atoms with E-state index in [1.54, 1.807) is 6.92 Å². The Labute approximate surface area is 99.5 Å². The lowest BCUT2D eigenvalue weighted by Gasteiger charge is -2.12. The minimum absolute atomic E-state index is 0.0624. The fourth-order valence-electron chi connectivity index (χ4n) is 1.26. The van der Waals surface area contributed by atoms with Crippen LogP contribution in [0.25, 0.3) is 0 Å². The average Bonchev–Trinajstić information content (AvgIpc) is 2.23. The summed E-state index contributed by atoms with van der Waals surface area (Å²) in [5, 5.41) is 0. The SMILES string of the molecule is CCOC(=O)c1c[nH]c(=O)c(OC(F)(F)F)c1C. The molecule has 18 heavy (non-hydrogen) atoms. The molecule has 0 fully saturated rings. The molecule has 0 spiro atoms. The average molecular weight is 265 g/mol. The maximum absolute atomic E-state index is 12.1. The van der Waals surface area contributed by atoms with Crippen molar-refractivity contribution < 1.29 is 27.4 Å². The molecule has 1 rings (SSSR count). The van der Waals surface area contributed by atoms with E-state index in [1.807, 2.05) is 4.98 Å². The molecule has 0 aliphatic heterocycles. The molecule has 0 aromatic carbocycles. The predicted octanol–water partition coefficient (Wildman–Crippen LogP) is 1.76. The van der Waals surface area contributed by atoms with Gasteiger partial charge in [0.05, 0.1) is 12.2 Å². The Kier molecular flexibility index (Phi) is 4.00. The first-order chi connectivity index (χ1) is 8.26. The van der Waals surface area contributed by atoms with Gasteiger partial charge in [0.1, 0.15) is 0 Å². The topological polar surface area (TPSA) is 68.4 Å². The Morgan fingerprint density at radius 1 is 1.44 bits per heavy atom. The molecule has 0 aliphatic rings. The highest BCUT2D eigenvalue weighted by Gasteiger charge is 2.34. The van der Waals surface area contributed by atoms with E-state index in [9.17, 15) is 22.8 Å². The Morgan fingerprint density at radius 3 is 2.56 bits per heavy atom. The van der Waals surface area contributed by atoms with Crippen LogP contribution in [0.4, 0.5) is 13.2 Å². The van der Waals surface area contributed by atoms with Gasteiger partial charge in [0.15, 0.2) is 5.75 Å². The number of carbonyl (C=O) groups excluding carboxylic acids is 1. The van der Waals surface area contributed by atoms with Crippen LogP contribution in [0.3, 0.4) is 0 Å². The molecule has 1 N–H and O–H groups in total. The van der Waals surface area contributed by atoms with Crippen LogP contribution in [0, 0.1) is 6.92 Å². The third kappa shape index (κ3) is 3.25. The molecule has 0 bridgehead atoms. The van der Waals surface area contributed by atoms with Gasteiger partial charge in [-0.25, -0.2) is 4.79 Å². The summed E-state index contributed by atoms with van der Waals surface area (Å²) in [6.45, 7) is 2.78. The number of hydrogen-bond acceptors (Lipinski definition) is 4. The molecule has 5 nitrogen and oxygen atoms in total. The normalized spacial score (nSPS) is 11.2. The number of aromatic nitrogens is 1. The van der Waals surface area contributed by atoms with Gasteiger partial charge in [-0.2, -0.15) is 0 Å². The van der Waals surface area contributed by atoms with E-state index in [4.69, 9.17) is 0 Å². The minimum atomic E-state index is -5.01. The highest BCUT2D eigenvalue weighted by molar-refractivity contribution is 5.91. The van der Waals surface area contributed by atoms with Gasteiger partial charge >= 0.3 is 12.3 Å². The maximum atomic E-state index is 12.1. The quantitative estimate of drug-likeness (QED) is 0.845. The third-order valence-electron chi connectivity index (χ3n) is 2.01. The molecule has 1 heterocycles. The van der Waals surface area contributed by atoms with Crippen molar-refractivity contribution in [2.24, 2.45) is 0 Å². The van der Waals surface area contributed by atoms with Crippen molar-refractivity contribution in [1.82, 2.24) is 4.98 Å². The van der Waals surface area contributed by atoms with Gasteiger partial charge < -0.3 is 14.5 Å². The Balaban J connectivity index is 3.23. The first kappa shape index (κ1) is 14.1. The summed E-state index contributed by atoms with van der Waals surface area (Å²) in [5.41, 5.74) is -1.48. The minimum Gasteiger partial charge on any atom is -0.462 e. The van der Waals surface area contributed by atoms with Crippen LogP contribution in [0.2, 0.25) is 0 Å². The van der Waals surface area contributed by atoms with Gasteiger partial charge in [0.25, 0.3) is 5.56 Å². The maximum Gasteiger partial charge on any atom is 0.573 e. The first-order valence-corrected chi connectivity index (χ1v) is 4.91. The van der Waals surface area contributed by atoms with E-state index < -0.39 is 23.6 Å². The van der Waals surface area contributed by atoms with Gasteiger partial charge in [-0.05, 0) is 13.8 Å². The van der Waals surface area contributed by atoms with Gasteiger partial charge in [0.2, 0.25) is 0 Å². The fraction of sp³-hybridized carbons (Fsp3) is 0.400. The number of hydrogen-bond donors (Lipinski definition) is 1. The predicted molar refractivity (Wildman–Crippen MR) is 54.4 cm³/mol. The molecule has 0 amide bonds. The standard InChI is InChI=1S/C10H10F3NO4/c1-3-17-9(16)6-4-14-8(15)7(5(6)2)18-10(11,12)13/h4H,3H2,1-2H3,(H,14,15). The number of esters is 1. The highest BCUT2D eigenvalue weighted by atomic mass is 19.4. The van der Waals surface area contributed by atoms with Crippen LogP contribution < -0.4 is 10.3 Å². The van der Waals surface area contributed by atoms with Crippen LogP contribution in [-0.2, 0) is 4.74 Å². The molecule has 0 saturated heterocycles. The van der Waals surface area contributed by atoms with Crippen LogP contribution in [0.5, 0.6) is 5.75 Å². The molecule has 1 aromatic rings. The highest BCUT2D eigenvalue weighted by Crippen LogP contribution is 2.24. The molecule has 100 valence electrons. The second-order valence-electron chi connectivity index (χ2n) is 3.25. The first-order valence-electron chi connectivity index (χ1n) is 4.91. The Bertz CT molecular complexity index is 507. The lowest BCUT2D eigenvalue weighted by atomic mass is 10.1. The van der Waals surface area contributed by atoms with Crippen molar-refractivity contribution in [3.8, 4) is 5.75 Å². The second kappa shape index (κ2) is 5.11. The van der Waals surface area contributed by atoms with Gasteiger partial charge in [-0.15, -0.1) is 13.2 Å². The van der Waals surface area contributed by atoms with E-state index >= 15 is 0 Å². The molecule has 0 saturated carbocycles. The summed E-state index contributed by atoms with van der Waals surface area (Å²) < 4.78 is 44.5. The van der Waals surface area contributed by atoms with Crippen molar-refractivity contribution in [2.75, 3.05) is 6.61 Å². The number of halogens is 3. The van der Waals surface area contributed by atoms with E-state index in [-0.39, 0.29) is 17.7 Å². The number of pyridine rings is 1. The molecular weight excluding hydrogens is 255 g/mol. The van der Waals surface area contributed by atoms with Crippen molar-refractivity contribution in [3.05, 3.63) is 27.7 Å². The van der Waals surface area contributed by atoms with E-state index in [1.165, 1.54) is 6.92 Å². The molecule has 0 atom stereocenters. The third-order valence-corrected chi connectivity index (χ3v) is 2.01.